The molecule has 2 aliphatic heterocycles. The summed E-state index contributed by atoms with van der Waals surface area (Å²) < 4.78 is 0. The summed E-state index contributed by atoms with van der Waals surface area (Å²) in [6.07, 6.45) is 5.50. The highest BCUT2D eigenvalue weighted by Crippen LogP contribution is 2.19. The Balaban J connectivity index is 1.68. The van der Waals surface area contributed by atoms with Gasteiger partial charge < -0.3 is 10.2 Å². The molecule has 3 heteroatoms. The summed E-state index contributed by atoms with van der Waals surface area (Å²) in [5.74, 6) is 2.72. The lowest BCUT2D eigenvalue weighted by atomic mass is 10.0. The summed E-state index contributed by atoms with van der Waals surface area (Å²) in [5, 5.41) is 3.83. The first-order chi connectivity index (χ1) is 6.84. The second kappa shape index (κ2) is 5.38. The zero-order chi connectivity index (χ0) is 9.80. The fraction of sp³-hybridized carbons (Fsp3) is 1.00. The zero-order valence-corrected chi connectivity index (χ0v) is 9.98. The number of rotatable bonds is 2. The van der Waals surface area contributed by atoms with Crippen LogP contribution in [0.25, 0.3) is 0 Å². The Labute approximate surface area is 91.8 Å². The van der Waals surface area contributed by atoms with Crippen LogP contribution in [0.15, 0.2) is 0 Å². The molecule has 0 spiro atoms. The first-order valence-corrected chi connectivity index (χ1v) is 7.02. The number of nitrogens with one attached hydrogen (secondary N) is 1. The minimum Gasteiger partial charge on any atom is -0.310 e. The molecule has 0 aliphatic carbocycles. The highest BCUT2D eigenvalue weighted by atomic mass is 32.2. The van der Waals surface area contributed by atoms with Crippen LogP contribution in [0.4, 0.5) is 0 Å². The second-order valence-corrected chi connectivity index (χ2v) is 5.81. The Bertz CT molecular complexity index is 161. The molecule has 82 valence electrons. The van der Waals surface area contributed by atoms with E-state index in [1.54, 1.807) is 0 Å². The second-order valence-electron chi connectivity index (χ2n) is 4.66. The maximum absolute atomic E-state index is 3.83. The van der Waals surface area contributed by atoms with Gasteiger partial charge in [-0.2, -0.15) is 11.8 Å². The fourth-order valence-electron chi connectivity index (χ4n) is 2.38. The standard InChI is InChI=1S/C11H22N2S/c1-13-6-4-10(5-7-13)12-11-3-2-8-14-9-11/h10-12H,2-9H2,1H3. The van der Waals surface area contributed by atoms with Gasteiger partial charge >= 0.3 is 0 Å². The zero-order valence-electron chi connectivity index (χ0n) is 9.17. The van der Waals surface area contributed by atoms with Gasteiger partial charge in [0.05, 0.1) is 0 Å². The number of nitrogens with zero attached hydrogens (tertiary/aromatic N) is 1. The van der Waals surface area contributed by atoms with Crippen molar-refractivity contribution in [1.82, 2.24) is 10.2 Å². The van der Waals surface area contributed by atoms with Gasteiger partial charge in [0.1, 0.15) is 0 Å². The van der Waals surface area contributed by atoms with Crippen LogP contribution in [0.5, 0.6) is 0 Å². The monoisotopic (exact) mass is 214 g/mol. The van der Waals surface area contributed by atoms with Crippen molar-refractivity contribution in [3.63, 3.8) is 0 Å². The van der Waals surface area contributed by atoms with Crippen LogP contribution in [-0.2, 0) is 0 Å². The smallest absolute Gasteiger partial charge is 0.0161 e. The van der Waals surface area contributed by atoms with Crippen LogP contribution in [0, 0.1) is 0 Å². The van der Waals surface area contributed by atoms with Crippen molar-refractivity contribution < 1.29 is 0 Å². The molecule has 2 aliphatic rings. The third kappa shape index (κ3) is 3.14. The molecule has 2 fully saturated rings. The van der Waals surface area contributed by atoms with E-state index < -0.39 is 0 Å². The van der Waals surface area contributed by atoms with E-state index in [0.29, 0.717) is 0 Å². The maximum Gasteiger partial charge on any atom is 0.0161 e. The van der Waals surface area contributed by atoms with E-state index in [0.717, 1.165) is 12.1 Å². The summed E-state index contributed by atoms with van der Waals surface area (Å²) in [7, 11) is 2.23. The highest BCUT2D eigenvalue weighted by molar-refractivity contribution is 7.99. The predicted molar refractivity (Wildman–Crippen MR) is 64.0 cm³/mol. The molecule has 0 amide bonds. The molecule has 2 heterocycles. The molecule has 2 nitrogen and oxygen atoms in total. The SMILES string of the molecule is CN1CCC(NC2CCCSC2)CC1. The molecule has 0 saturated carbocycles. The molecule has 0 aromatic carbocycles. The van der Waals surface area contributed by atoms with Crippen LogP contribution in [0.1, 0.15) is 25.7 Å². The molecule has 0 radical (unpaired) electrons. The number of likely N-dealkylation sites (tertiary alicyclic amines) is 1. The number of hydrogen-bond acceptors (Lipinski definition) is 3. The molecule has 2 saturated heterocycles. The quantitative estimate of drug-likeness (QED) is 0.751. The molecular formula is C11H22N2S. The topological polar surface area (TPSA) is 15.3 Å². The average molecular weight is 214 g/mol. The molecule has 1 N–H and O–H groups in total. The summed E-state index contributed by atoms with van der Waals surface area (Å²) in [6, 6.07) is 1.61. The summed E-state index contributed by atoms with van der Waals surface area (Å²) in [5.41, 5.74) is 0. The Kier molecular flexibility index (Phi) is 4.14. The molecule has 2 rings (SSSR count). The van der Waals surface area contributed by atoms with Crippen molar-refractivity contribution in [3.8, 4) is 0 Å². The fourth-order valence-corrected chi connectivity index (χ4v) is 3.47. The molecule has 0 bridgehead atoms. The van der Waals surface area contributed by atoms with E-state index in [2.05, 4.69) is 29.0 Å². The predicted octanol–water partition coefficient (Wildman–Crippen LogP) is 1.57. The lowest BCUT2D eigenvalue weighted by Crippen LogP contribution is -2.46. The normalized spacial score (nSPS) is 31.9. The van der Waals surface area contributed by atoms with Crippen LogP contribution in [-0.4, -0.2) is 48.6 Å². The highest BCUT2D eigenvalue weighted by Gasteiger charge is 2.21. The molecule has 14 heavy (non-hydrogen) atoms. The van der Waals surface area contributed by atoms with Gasteiger partial charge in [0.2, 0.25) is 0 Å². The number of piperidine rings is 1. The summed E-state index contributed by atoms with van der Waals surface area (Å²) >= 11 is 2.12. The van der Waals surface area contributed by atoms with Crippen LogP contribution in [0.3, 0.4) is 0 Å². The summed E-state index contributed by atoms with van der Waals surface area (Å²) in [6.45, 7) is 2.55. The average Bonchev–Trinajstić information content (AvgIpc) is 2.23. The van der Waals surface area contributed by atoms with E-state index in [1.807, 2.05) is 0 Å². The first kappa shape index (κ1) is 10.8. The number of thioether (sulfide) groups is 1. The lowest BCUT2D eigenvalue weighted by Gasteiger charge is -2.33. The first-order valence-electron chi connectivity index (χ1n) is 5.87. The van der Waals surface area contributed by atoms with Gasteiger partial charge in [0.15, 0.2) is 0 Å². The van der Waals surface area contributed by atoms with Gasteiger partial charge in [0.25, 0.3) is 0 Å². The van der Waals surface area contributed by atoms with Crippen molar-refractivity contribution in [2.45, 2.75) is 37.8 Å². The van der Waals surface area contributed by atoms with Crippen LogP contribution < -0.4 is 5.32 Å². The Morgan fingerprint density at radius 2 is 1.93 bits per heavy atom. The van der Waals surface area contributed by atoms with Crippen LogP contribution >= 0.6 is 11.8 Å². The van der Waals surface area contributed by atoms with Crippen LogP contribution in [0.2, 0.25) is 0 Å². The molecule has 0 aromatic heterocycles. The van der Waals surface area contributed by atoms with Gasteiger partial charge in [-0.05, 0) is 51.6 Å². The molecule has 1 atom stereocenters. The Hall–Kier alpha value is 0.270. The van der Waals surface area contributed by atoms with Gasteiger partial charge in [-0.25, -0.2) is 0 Å². The molecule has 1 unspecified atom stereocenters. The summed E-state index contributed by atoms with van der Waals surface area (Å²) in [4.78, 5) is 2.44. The largest absolute Gasteiger partial charge is 0.310 e. The van der Waals surface area contributed by atoms with Gasteiger partial charge in [-0.1, -0.05) is 0 Å². The Morgan fingerprint density at radius 3 is 2.57 bits per heavy atom. The van der Waals surface area contributed by atoms with Crippen molar-refractivity contribution in [2.75, 3.05) is 31.6 Å². The van der Waals surface area contributed by atoms with Gasteiger partial charge in [-0.3, -0.25) is 0 Å². The minimum absolute atomic E-state index is 0.801. The third-order valence-corrected chi connectivity index (χ3v) is 4.57. The van der Waals surface area contributed by atoms with E-state index in [1.165, 1.54) is 50.3 Å². The van der Waals surface area contributed by atoms with Gasteiger partial charge in [-0.15, -0.1) is 0 Å². The van der Waals surface area contributed by atoms with E-state index in [9.17, 15) is 0 Å². The van der Waals surface area contributed by atoms with Crippen molar-refractivity contribution >= 4 is 11.8 Å². The van der Waals surface area contributed by atoms with Crippen molar-refractivity contribution in [2.24, 2.45) is 0 Å². The maximum atomic E-state index is 3.83. The third-order valence-electron chi connectivity index (χ3n) is 3.35. The number of hydrogen-bond donors (Lipinski definition) is 1. The molecular weight excluding hydrogens is 192 g/mol. The van der Waals surface area contributed by atoms with E-state index in [4.69, 9.17) is 0 Å². The molecule has 0 aromatic rings. The lowest BCUT2D eigenvalue weighted by molar-refractivity contribution is 0.224. The van der Waals surface area contributed by atoms with Crippen molar-refractivity contribution in [1.29, 1.82) is 0 Å². The van der Waals surface area contributed by atoms with E-state index >= 15 is 0 Å². The van der Waals surface area contributed by atoms with E-state index in [-0.39, 0.29) is 0 Å². The Morgan fingerprint density at radius 1 is 1.14 bits per heavy atom. The minimum atomic E-state index is 0.801. The van der Waals surface area contributed by atoms with Gasteiger partial charge in [0, 0.05) is 17.8 Å². The van der Waals surface area contributed by atoms with Crippen molar-refractivity contribution in [3.05, 3.63) is 0 Å².